The summed E-state index contributed by atoms with van der Waals surface area (Å²) < 4.78 is 25.1. The number of nitrogens with one attached hydrogen (secondary N) is 1. The molecule has 0 saturated carbocycles. The lowest BCUT2D eigenvalue weighted by molar-refractivity contribution is 0.0951. The van der Waals surface area contributed by atoms with E-state index in [0.29, 0.717) is 17.8 Å². The van der Waals surface area contributed by atoms with Crippen LogP contribution in [0.25, 0.3) is 0 Å². The van der Waals surface area contributed by atoms with E-state index in [-0.39, 0.29) is 12.5 Å². The van der Waals surface area contributed by atoms with Crippen LogP contribution < -0.4 is 9.62 Å². The molecule has 0 radical (unpaired) electrons. The maximum absolute atomic E-state index is 12.5. The van der Waals surface area contributed by atoms with Crippen LogP contribution >= 0.6 is 0 Å². The Morgan fingerprint density at radius 2 is 1.67 bits per heavy atom. The minimum atomic E-state index is -3.41. The number of benzene rings is 2. The van der Waals surface area contributed by atoms with E-state index < -0.39 is 10.0 Å². The molecule has 0 bridgehead atoms. The van der Waals surface area contributed by atoms with Crippen molar-refractivity contribution in [3.8, 4) is 0 Å². The van der Waals surface area contributed by atoms with Gasteiger partial charge in [-0.3, -0.25) is 14.0 Å². The van der Waals surface area contributed by atoms with Gasteiger partial charge in [-0.2, -0.15) is 0 Å². The fourth-order valence-corrected chi connectivity index (χ4v) is 4.46. The number of carbonyl (C=O) groups excluding carboxylic acids is 1. The zero-order chi connectivity index (χ0) is 21.6. The highest BCUT2D eigenvalue weighted by atomic mass is 32.2. The highest BCUT2D eigenvalue weighted by Crippen LogP contribution is 2.18. The Kier molecular flexibility index (Phi) is 7.29. The van der Waals surface area contributed by atoms with E-state index in [4.69, 9.17) is 0 Å². The summed E-state index contributed by atoms with van der Waals surface area (Å²) in [6.45, 7) is 7.54. The quantitative estimate of drug-likeness (QED) is 0.624. The molecular weight excluding hydrogens is 398 g/mol. The first kappa shape index (κ1) is 22.1. The van der Waals surface area contributed by atoms with Crippen LogP contribution in [0.1, 0.15) is 34.3 Å². The van der Waals surface area contributed by atoms with Gasteiger partial charge in [-0.25, -0.2) is 8.42 Å². The van der Waals surface area contributed by atoms with Crippen LogP contribution in [0, 0.1) is 0 Å². The number of amides is 1. The number of sulfonamides is 1. The molecule has 1 heterocycles. The monoisotopic (exact) mass is 427 g/mol. The number of likely N-dealkylation sites (tertiary alicyclic amines) is 1. The first-order valence-corrected chi connectivity index (χ1v) is 12.0. The van der Waals surface area contributed by atoms with E-state index in [2.05, 4.69) is 28.9 Å². The summed E-state index contributed by atoms with van der Waals surface area (Å²) in [5.41, 5.74) is 3.32. The molecule has 0 unspecified atom stereocenters. The maximum atomic E-state index is 12.5. The smallest absolute Gasteiger partial charge is 0.251 e. The summed E-state index contributed by atoms with van der Waals surface area (Å²) in [4.78, 5) is 14.9. The van der Waals surface area contributed by atoms with Gasteiger partial charge in [0.15, 0.2) is 0 Å². The van der Waals surface area contributed by atoms with Gasteiger partial charge in [0.25, 0.3) is 5.91 Å². The molecule has 2 aromatic carbocycles. The average Bonchev–Trinajstić information content (AvgIpc) is 3.24. The molecule has 1 saturated heterocycles. The Labute approximate surface area is 179 Å². The van der Waals surface area contributed by atoms with E-state index in [1.54, 1.807) is 24.3 Å². The van der Waals surface area contributed by atoms with Crippen molar-refractivity contribution >= 4 is 21.6 Å². The largest absolute Gasteiger partial charge is 0.348 e. The van der Waals surface area contributed by atoms with Gasteiger partial charge in [-0.05, 0) is 61.3 Å². The Morgan fingerprint density at radius 1 is 1.07 bits per heavy atom. The van der Waals surface area contributed by atoms with Crippen molar-refractivity contribution in [3.05, 3.63) is 77.9 Å². The molecule has 3 rings (SSSR count). The Balaban J connectivity index is 1.56. The maximum Gasteiger partial charge on any atom is 0.251 e. The molecular formula is C23H29N3O3S. The van der Waals surface area contributed by atoms with Gasteiger partial charge in [0.2, 0.25) is 10.0 Å². The van der Waals surface area contributed by atoms with Crippen LogP contribution in [-0.4, -0.2) is 45.1 Å². The number of hydrogen-bond donors (Lipinski definition) is 1. The third-order valence-corrected chi connectivity index (χ3v) is 6.35. The molecule has 30 heavy (non-hydrogen) atoms. The van der Waals surface area contributed by atoms with Gasteiger partial charge in [0.1, 0.15) is 0 Å². The second-order valence-corrected chi connectivity index (χ2v) is 9.52. The van der Waals surface area contributed by atoms with Crippen molar-refractivity contribution < 1.29 is 13.2 Å². The number of carbonyl (C=O) groups is 1. The predicted molar refractivity (Wildman–Crippen MR) is 121 cm³/mol. The molecule has 1 aliphatic heterocycles. The van der Waals surface area contributed by atoms with Gasteiger partial charge < -0.3 is 5.32 Å². The van der Waals surface area contributed by atoms with Crippen molar-refractivity contribution in [1.29, 1.82) is 0 Å². The molecule has 7 heteroatoms. The predicted octanol–water partition coefficient (Wildman–Crippen LogP) is 3.16. The van der Waals surface area contributed by atoms with Crippen LogP contribution in [0.15, 0.2) is 61.2 Å². The van der Waals surface area contributed by atoms with Crippen LogP contribution in [0.2, 0.25) is 0 Å². The van der Waals surface area contributed by atoms with Crippen molar-refractivity contribution in [1.82, 2.24) is 10.2 Å². The zero-order valence-corrected chi connectivity index (χ0v) is 18.2. The Morgan fingerprint density at radius 3 is 2.23 bits per heavy atom. The third-order valence-electron chi connectivity index (χ3n) is 5.19. The first-order valence-electron chi connectivity index (χ1n) is 10.1. The summed E-state index contributed by atoms with van der Waals surface area (Å²) in [6.07, 6.45) is 5.24. The highest BCUT2D eigenvalue weighted by molar-refractivity contribution is 7.92. The van der Waals surface area contributed by atoms with Crippen LogP contribution in [0.3, 0.4) is 0 Å². The third kappa shape index (κ3) is 5.93. The number of rotatable bonds is 9. The lowest BCUT2D eigenvalue weighted by Crippen LogP contribution is -2.30. The van der Waals surface area contributed by atoms with Gasteiger partial charge in [0.05, 0.1) is 18.5 Å². The second-order valence-electron chi connectivity index (χ2n) is 7.61. The number of hydrogen-bond acceptors (Lipinski definition) is 4. The van der Waals surface area contributed by atoms with Crippen molar-refractivity contribution in [2.24, 2.45) is 0 Å². The van der Waals surface area contributed by atoms with E-state index >= 15 is 0 Å². The molecule has 0 atom stereocenters. The van der Waals surface area contributed by atoms with Crippen molar-refractivity contribution in [2.75, 3.05) is 30.2 Å². The molecule has 1 N–H and O–H groups in total. The highest BCUT2D eigenvalue weighted by Gasteiger charge is 2.16. The standard InChI is InChI=1S/C23H29N3O3S/c1-3-14-26(30(2,28)29)22-12-10-21(11-13-22)23(27)24-17-19-6-8-20(9-7-19)18-25-15-4-5-16-25/h3,6-13H,1,4-5,14-18H2,2H3,(H,24,27). The van der Waals surface area contributed by atoms with E-state index in [0.717, 1.165) is 18.4 Å². The van der Waals surface area contributed by atoms with Crippen molar-refractivity contribution in [2.45, 2.75) is 25.9 Å². The van der Waals surface area contributed by atoms with Gasteiger partial charge >= 0.3 is 0 Å². The topological polar surface area (TPSA) is 69.7 Å². The summed E-state index contributed by atoms with van der Waals surface area (Å²) in [6, 6.07) is 14.9. The molecule has 0 aliphatic carbocycles. The molecule has 2 aromatic rings. The molecule has 160 valence electrons. The summed E-state index contributed by atoms with van der Waals surface area (Å²) in [7, 11) is -3.41. The Bertz CT molecular complexity index is 964. The SMILES string of the molecule is C=CCN(c1ccc(C(=O)NCc2ccc(CN3CCCC3)cc2)cc1)S(C)(=O)=O. The Hall–Kier alpha value is -2.64. The van der Waals surface area contributed by atoms with Crippen molar-refractivity contribution in [3.63, 3.8) is 0 Å². The fraction of sp³-hybridized carbons (Fsp3) is 0.348. The summed E-state index contributed by atoms with van der Waals surface area (Å²) in [5.74, 6) is -0.197. The summed E-state index contributed by atoms with van der Waals surface area (Å²) in [5, 5.41) is 2.91. The minimum absolute atomic E-state index is 0.179. The van der Waals surface area contributed by atoms with Crippen LogP contribution in [0.4, 0.5) is 5.69 Å². The number of nitrogens with zero attached hydrogens (tertiary/aromatic N) is 2. The molecule has 1 amide bonds. The van der Waals surface area contributed by atoms with Gasteiger partial charge in [-0.15, -0.1) is 6.58 Å². The van der Waals surface area contributed by atoms with E-state index in [1.165, 1.54) is 41.9 Å². The second kappa shape index (κ2) is 9.91. The first-order chi connectivity index (χ1) is 14.4. The lowest BCUT2D eigenvalue weighted by atomic mass is 10.1. The molecule has 0 aromatic heterocycles. The van der Waals surface area contributed by atoms with Gasteiger partial charge in [0, 0.05) is 18.7 Å². The van der Waals surface area contributed by atoms with E-state index in [9.17, 15) is 13.2 Å². The zero-order valence-electron chi connectivity index (χ0n) is 17.4. The number of anilines is 1. The normalized spacial score (nSPS) is 14.4. The van der Waals surface area contributed by atoms with Crippen LogP contribution in [0.5, 0.6) is 0 Å². The van der Waals surface area contributed by atoms with E-state index in [1.807, 2.05) is 12.1 Å². The summed E-state index contributed by atoms with van der Waals surface area (Å²) >= 11 is 0. The molecule has 1 aliphatic rings. The fourth-order valence-electron chi connectivity index (χ4n) is 3.57. The van der Waals surface area contributed by atoms with Gasteiger partial charge in [-0.1, -0.05) is 30.3 Å². The molecule has 1 fully saturated rings. The average molecular weight is 428 g/mol. The molecule has 6 nitrogen and oxygen atoms in total. The minimum Gasteiger partial charge on any atom is -0.348 e. The lowest BCUT2D eigenvalue weighted by Gasteiger charge is -2.20. The van der Waals surface area contributed by atoms with Crippen LogP contribution in [-0.2, 0) is 23.1 Å². The molecule has 0 spiro atoms.